The molecule has 0 aliphatic rings. The fourth-order valence-electron chi connectivity index (χ4n) is 2.60. The maximum Gasteiger partial charge on any atom is 0.270 e. The van der Waals surface area contributed by atoms with Gasteiger partial charge in [0.05, 0.1) is 25.4 Å². The van der Waals surface area contributed by atoms with Crippen LogP contribution in [0.4, 0.5) is 0 Å². The molecule has 0 amide bonds. The van der Waals surface area contributed by atoms with E-state index in [1.807, 2.05) is 43.3 Å². The monoisotopic (exact) mass is 342 g/mol. The van der Waals surface area contributed by atoms with Crippen molar-refractivity contribution >= 4 is 22.7 Å². The fraction of sp³-hybridized carbons (Fsp3) is 0.222. The molecule has 0 saturated carbocycles. The van der Waals surface area contributed by atoms with Crippen molar-refractivity contribution in [2.45, 2.75) is 12.1 Å². The molecular formula is C18H18N2O3S. The van der Waals surface area contributed by atoms with Gasteiger partial charge in [0, 0.05) is 0 Å². The summed E-state index contributed by atoms with van der Waals surface area (Å²) < 4.78 is 12.4. The van der Waals surface area contributed by atoms with Gasteiger partial charge in [0.1, 0.15) is 16.9 Å². The fourth-order valence-corrected chi connectivity index (χ4v) is 3.33. The van der Waals surface area contributed by atoms with Crippen LogP contribution in [0.3, 0.4) is 0 Å². The Balaban J connectivity index is 2.43. The number of hydrogen-bond donors (Lipinski definition) is 0. The molecule has 0 aliphatic carbocycles. The number of nitrogens with zero attached hydrogens (tertiary/aromatic N) is 2. The highest BCUT2D eigenvalue weighted by molar-refractivity contribution is 7.99. The number of rotatable bonds is 5. The summed E-state index contributed by atoms with van der Waals surface area (Å²) in [5, 5.41) is 1.10. The van der Waals surface area contributed by atoms with E-state index in [1.165, 1.54) is 11.8 Å². The van der Waals surface area contributed by atoms with Gasteiger partial charge >= 0.3 is 0 Å². The minimum atomic E-state index is -0.169. The molecule has 0 N–H and O–H groups in total. The highest BCUT2D eigenvalue weighted by Crippen LogP contribution is 2.29. The predicted molar refractivity (Wildman–Crippen MR) is 96.8 cm³/mol. The first-order valence-corrected chi connectivity index (χ1v) is 8.55. The second-order valence-corrected chi connectivity index (χ2v) is 6.23. The lowest BCUT2D eigenvalue weighted by atomic mass is 10.2. The van der Waals surface area contributed by atoms with Crippen LogP contribution in [0.5, 0.6) is 11.5 Å². The molecule has 2 aromatic carbocycles. The molecule has 124 valence electrons. The third-order valence-corrected chi connectivity index (χ3v) is 4.47. The van der Waals surface area contributed by atoms with Gasteiger partial charge in [-0.25, -0.2) is 4.98 Å². The largest absolute Gasteiger partial charge is 0.496 e. The summed E-state index contributed by atoms with van der Waals surface area (Å²) in [7, 11) is 3.14. The van der Waals surface area contributed by atoms with Crippen molar-refractivity contribution in [3.8, 4) is 17.2 Å². The Hall–Kier alpha value is -2.47. The summed E-state index contributed by atoms with van der Waals surface area (Å²) in [5.74, 6) is 1.94. The highest BCUT2D eigenvalue weighted by atomic mass is 32.2. The number of para-hydroxylation sites is 2. The van der Waals surface area contributed by atoms with E-state index in [0.29, 0.717) is 33.2 Å². The molecule has 0 aliphatic heterocycles. The molecule has 0 atom stereocenters. The summed E-state index contributed by atoms with van der Waals surface area (Å²) >= 11 is 1.51. The zero-order valence-electron chi connectivity index (χ0n) is 13.8. The van der Waals surface area contributed by atoms with Crippen molar-refractivity contribution in [1.29, 1.82) is 0 Å². The van der Waals surface area contributed by atoms with E-state index >= 15 is 0 Å². The molecular weight excluding hydrogens is 324 g/mol. The average molecular weight is 342 g/mol. The Bertz CT molecular complexity index is 937. The van der Waals surface area contributed by atoms with Crippen molar-refractivity contribution < 1.29 is 9.47 Å². The minimum absolute atomic E-state index is 0.169. The second-order valence-electron chi connectivity index (χ2n) is 4.99. The Labute approximate surface area is 144 Å². The molecule has 0 unspecified atom stereocenters. The number of aromatic nitrogens is 2. The Kier molecular flexibility index (Phi) is 4.76. The molecule has 1 heterocycles. The van der Waals surface area contributed by atoms with Crippen LogP contribution in [0.25, 0.3) is 16.6 Å². The second kappa shape index (κ2) is 6.97. The van der Waals surface area contributed by atoms with E-state index in [0.717, 1.165) is 5.75 Å². The molecule has 0 fully saturated rings. The van der Waals surface area contributed by atoms with Crippen LogP contribution in [-0.2, 0) is 0 Å². The van der Waals surface area contributed by atoms with Crippen LogP contribution >= 0.6 is 11.8 Å². The lowest BCUT2D eigenvalue weighted by Gasteiger charge is -2.16. The summed E-state index contributed by atoms with van der Waals surface area (Å²) in [6, 6.07) is 12.8. The van der Waals surface area contributed by atoms with Gasteiger partial charge in [-0.2, -0.15) is 0 Å². The topological polar surface area (TPSA) is 53.3 Å². The molecule has 0 bridgehead atoms. The normalized spacial score (nSPS) is 10.8. The lowest BCUT2D eigenvalue weighted by molar-refractivity contribution is 0.411. The maximum absolute atomic E-state index is 13.2. The lowest BCUT2D eigenvalue weighted by Crippen LogP contribution is -2.22. The van der Waals surface area contributed by atoms with Crippen LogP contribution in [0, 0.1) is 0 Å². The van der Waals surface area contributed by atoms with E-state index in [1.54, 1.807) is 24.9 Å². The van der Waals surface area contributed by atoms with Crippen LogP contribution < -0.4 is 15.0 Å². The van der Waals surface area contributed by atoms with E-state index in [4.69, 9.17) is 9.47 Å². The number of methoxy groups -OCH3 is 2. The van der Waals surface area contributed by atoms with Crippen molar-refractivity contribution in [2.75, 3.05) is 20.0 Å². The predicted octanol–water partition coefficient (Wildman–Crippen LogP) is 3.51. The van der Waals surface area contributed by atoms with Crippen molar-refractivity contribution in [1.82, 2.24) is 9.55 Å². The SMILES string of the molecule is CCSc1nc2cccc(OC)c2c(=O)n1-c1ccccc1OC. The van der Waals surface area contributed by atoms with Crippen LogP contribution in [0.2, 0.25) is 0 Å². The average Bonchev–Trinajstić information content (AvgIpc) is 2.61. The molecule has 5 nitrogen and oxygen atoms in total. The number of benzene rings is 2. The highest BCUT2D eigenvalue weighted by Gasteiger charge is 2.18. The first kappa shape index (κ1) is 16.4. The van der Waals surface area contributed by atoms with Gasteiger partial charge in [0.25, 0.3) is 5.56 Å². The molecule has 0 radical (unpaired) electrons. The molecule has 3 rings (SSSR count). The van der Waals surface area contributed by atoms with Crippen LogP contribution in [0.1, 0.15) is 6.92 Å². The smallest absolute Gasteiger partial charge is 0.270 e. The maximum atomic E-state index is 13.2. The van der Waals surface area contributed by atoms with Crippen molar-refractivity contribution in [2.24, 2.45) is 0 Å². The van der Waals surface area contributed by atoms with Crippen LogP contribution in [-0.4, -0.2) is 29.5 Å². The van der Waals surface area contributed by atoms with E-state index in [-0.39, 0.29) is 5.56 Å². The summed E-state index contributed by atoms with van der Waals surface area (Å²) in [5.41, 5.74) is 1.13. The molecule has 3 aromatic rings. The van der Waals surface area contributed by atoms with Crippen molar-refractivity contribution in [3.63, 3.8) is 0 Å². The standard InChI is InChI=1S/C18H18N2O3S/c1-4-24-18-19-12-8-7-11-15(23-3)16(12)17(21)20(18)13-9-5-6-10-14(13)22-2/h5-11H,4H2,1-3H3. The van der Waals surface area contributed by atoms with Gasteiger partial charge in [0.15, 0.2) is 5.16 Å². The number of hydrogen-bond acceptors (Lipinski definition) is 5. The zero-order valence-corrected chi connectivity index (χ0v) is 14.6. The summed E-state index contributed by atoms with van der Waals surface area (Å²) in [6.07, 6.45) is 0. The third-order valence-electron chi connectivity index (χ3n) is 3.65. The molecule has 0 saturated heterocycles. The van der Waals surface area contributed by atoms with Crippen molar-refractivity contribution in [3.05, 3.63) is 52.8 Å². The van der Waals surface area contributed by atoms with Crippen LogP contribution in [0.15, 0.2) is 52.4 Å². The molecule has 1 aromatic heterocycles. The molecule has 24 heavy (non-hydrogen) atoms. The van der Waals surface area contributed by atoms with E-state index in [2.05, 4.69) is 4.98 Å². The van der Waals surface area contributed by atoms with Gasteiger partial charge in [0.2, 0.25) is 0 Å². The summed E-state index contributed by atoms with van der Waals surface area (Å²) in [4.78, 5) is 17.9. The van der Waals surface area contributed by atoms with E-state index in [9.17, 15) is 4.79 Å². The minimum Gasteiger partial charge on any atom is -0.496 e. The summed E-state index contributed by atoms with van der Waals surface area (Å²) in [6.45, 7) is 2.03. The Morgan fingerprint density at radius 1 is 1.04 bits per heavy atom. The Morgan fingerprint density at radius 3 is 2.46 bits per heavy atom. The first-order chi connectivity index (χ1) is 11.7. The third kappa shape index (κ3) is 2.73. The quantitative estimate of drug-likeness (QED) is 0.524. The number of thioether (sulfide) groups is 1. The molecule has 6 heteroatoms. The van der Waals surface area contributed by atoms with Gasteiger partial charge in [-0.15, -0.1) is 0 Å². The first-order valence-electron chi connectivity index (χ1n) is 7.57. The Morgan fingerprint density at radius 2 is 1.75 bits per heavy atom. The van der Waals surface area contributed by atoms with E-state index < -0.39 is 0 Å². The van der Waals surface area contributed by atoms with Gasteiger partial charge in [-0.05, 0) is 30.0 Å². The van der Waals surface area contributed by atoms with Gasteiger partial charge < -0.3 is 9.47 Å². The van der Waals surface area contributed by atoms with Gasteiger partial charge in [-0.1, -0.05) is 36.9 Å². The molecule has 0 spiro atoms. The zero-order chi connectivity index (χ0) is 17.1. The van der Waals surface area contributed by atoms with Gasteiger partial charge in [-0.3, -0.25) is 9.36 Å². The number of ether oxygens (including phenoxy) is 2. The number of fused-ring (bicyclic) bond motifs is 1.